The molecule has 0 unspecified atom stereocenters. The van der Waals surface area contributed by atoms with E-state index in [9.17, 15) is 9.18 Å². The second-order valence-corrected chi connectivity index (χ2v) is 6.72. The molecule has 0 aliphatic carbocycles. The van der Waals surface area contributed by atoms with E-state index < -0.39 is 5.82 Å². The first-order valence-corrected chi connectivity index (χ1v) is 8.96. The molecule has 140 valence electrons. The number of nitrogens with zero attached hydrogens (tertiary/aromatic N) is 3. The predicted octanol–water partition coefficient (Wildman–Crippen LogP) is 4.49. The van der Waals surface area contributed by atoms with Crippen LogP contribution in [0.15, 0.2) is 60.8 Å². The normalized spacial score (nSPS) is 11.0. The zero-order valence-corrected chi connectivity index (χ0v) is 15.6. The Morgan fingerprint density at radius 3 is 2.64 bits per heavy atom. The minimum atomic E-state index is -0.400. The molecule has 6 heteroatoms. The highest BCUT2D eigenvalue weighted by molar-refractivity contribution is 5.96. The van der Waals surface area contributed by atoms with Gasteiger partial charge in [0.2, 0.25) is 5.91 Å². The number of hydrogen-bond acceptors (Lipinski definition) is 3. The number of aryl methyl sites for hydroxylation is 2. The Balaban J connectivity index is 1.66. The molecule has 28 heavy (non-hydrogen) atoms. The number of carbonyl (C=O) groups is 1. The minimum Gasteiger partial charge on any atom is -0.324 e. The second-order valence-electron chi connectivity index (χ2n) is 6.72. The summed E-state index contributed by atoms with van der Waals surface area (Å²) in [6.07, 6.45) is 1.72. The van der Waals surface area contributed by atoms with Gasteiger partial charge in [0.25, 0.3) is 0 Å². The quantitative estimate of drug-likeness (QED) is 0.572. The van der Waals surface area contributed by atoms with Crippen molar-refractivity contribution in [2.45, 2.75) is 20.4 Å². The van der Waals surface area contributed by atoms with Gasteiger partial charge in [0.1, 0.15) is 12.4 Å². The lowest BCUT2D eigenvalue weighted by molar-refractivity contribution is -0.116. The Labute approximate surface area is 161 Å². The Hall–Kier alpha value is -3.54. The number of hydrogen-bond donors (Lipinski definition) is 1. The van der Waals surface area contributed by atoms with Gasteiger partial charge >= 0.3 is 0 Å². The molecule has 0 fully saturated rings. The summed E-state index contributed by atoms with van der Waals surface area (Å²) in [7, 11) is 0. The summed E-state index contributed by atoms with van der Waals surface area (Å²) in [6, 6.07) is 16.0. The van der Waals surface area contributed by atoms with Gasteiger partial charge in [-0.15, -0.1) is 0 Å². The Bertz CT molecular complexity index is 1170. The summed E-state index contributed by atoms with van der Waals surface area (Å²) in [4.78, 5) is 16.9. The number of halogens is 1. The lowest BCUT2D eigenvalue weighted by Crippen LogP contribution is -2.19. The van der Waals surface area contributed by atoms with Crippen molar-refractivity contribution in [3.8, 4) is 11.1 Å². The van der Waals surface area contributed by atoms with Crippen LogP contribution >= 0.6 is 0 Å². The van der Waals surface area contributed by atoms with Crippen LogP contribution in [0.4, 0.5) is 10.1 Å². The fraction of sp³-hybridized carbons (Fsp3) is 0.136. The molecule has 0 aliphatic rings. The van der Waals surface area contributed by atoms with Gasteiger partial charge in [0, 0.05) is 17.3 Å². The van der Waals surface area contributed by atoms with Gasteiger partial charge in [0.05, 0.1) is 5.69 Å². The fourth-order valence-corrected chi connectivity index (χ4v) is 3.27. The topological polar surface area (TPSA) is 59.8 Å². The molecule has 2 aromatic heterocycles. The maximum atomic E-state index is 13.3. The van der Waals surface area contributed by atoms with Crippen molar-refractivity contribution in [3.05, 3.63) is 77.9 Å². The summed E-state index contributed by atoms with van der Waals surface area (Å²) in [5, 5.41) is 8.12. The van der Waals surface area contributed by atoms with E-state index in [4.69, 9.17) is 0 Å². The number of amides is 1. The maximum Gasteiger partial charge on any atom is 0.246 e. The number of carbonyl (C=O) groups excluding carboxylic acids is 1. The van der Waals surface area contributed by atoms with E-state index in [2.05, 4.69) is 39.7 Å². The van der Waals surface area contributed by atoms with Crippen molar-refractivity contribution in [2.75, 3.05) is 5.32 Å². The lowest BCUT2D eigenvalue weighted by Gasteiger charge is -2.07. The zero-order chi connectivity index (χ0) is 19.7. The van der Waals surface area contributed by atoms with Gasteiger partial charge in [-0.25, -0.2) is 14.1 Å². The zero-order valence-electron chi connectivity index (χ0n) is 15.6. The predicted molar refractivity (Wildman–Crippen MR) is 107 cm³/mol. The number of fused-ring (bicyclic) bond motifs is 1. The van der Waals surface area contributed by atoms with Crippen molar-refractivity contribution in [1.82, 2.24) is 14.8 Å². The van der Waals surface area contributed by atoms with Crippen LogP contribution in [0.5, 0.6) is 0 Å². The van der Waals surface area contributed by atoms with Crippen molar-refractivity contribution < 1.29 is 9.18 Å². The third-order valence-corrected chi connectivity index (χ3v) is 4.57. The molecule has 0 radical (unpaired) electrons. The Morgan fingerprint density at radius 2 is 1.89 bits per heavy atom. The van der Waals surface area contributed by atoms with E-state index in [1.807, 2.05) is 19.9 Å². The molecule has 4 rings (SSSR count). The molecule has 0 aliphatic heterocycles. The Kier molecular flexibility index (Phi) is 4.61. The molecule has 2 heterocycles. The van der Waals surface area contributed by atoms with Crippen LogP contribution < -0.4 is 5.32 Å². The third kappa shape index (κ3) is 3.49. The van der Waals surface area contributed by atoms with Gasteiger partial charge in [0.15, 0.2) is 5.65 Å². The largest absolute Gasteiger partial charge is 0.324 e. The highest BCUT2D eigenvalue weighted by Gasteiger charge is 2.16. The first-order chi connectivity index (χ1) is 13.5. The van der Waals surface area contributed by atoms with E-state index in [-0.39, 0.29) is 12.5 Å². The van der Waals surface area contributed by atoms with Crippen molar-refractivity contribution in [2.24, 2.45) is 0 Å². The van der Waals surface area contributed by atoms with E-state index >= 15 is 0 Å². The van der Waals surface area contributed by atoms with E-state index in [1.165, 1.54) is 17.7 Å². The van der Waals surface area contributed by atoms with Crippen LogP contribution in [0, 0.1) is 19.7 Å². The number of nitrogens with one attached hydrogen (secondary N) is 1. The molecule has 1 amide bonds. The van der Waals surface area contributed by atoms with Crippen LogP contribution in [-0.4, -0.2) is 20.7 Å². The van der Waals surface area contributed by atoms with E-state index in [0.29, 0.717) is 11.3 Å². The molecule has 5 nitrogen and oxygen atoms in total. The summed E-state index contributed by atoms with van der Waals surface area (Å²) in [5.41, 5.74) is 5.15. The molecule has 2 aromatic carbocycles. The Morgan fingerprint density at radius 1 is 1.11 bits per heavy atom. The first kappa shape index (κ1) is 17.9. The molecule has 0 atom stereocenters. The number of pyridine rings is 1. The second kappa shape index (κ2) is 7.23. The third-order valence-electron chi connectivity index (χ3n) is 4.57. The molecular weight excluding hydrogens is 355 g/mol. The standard InChI is InChI=1S/C22H19FN4O/c1-14-6-8-16(9-7-14)19-10-11-24-22-21(19)15(2)26-27(22)13-20(28)25-18-5-3-4-17(23)12-18/h3-12H,13H2,1-2H3,(H,25,28). The highest BCUT2D eigenvalue weighted by Crippen LogP contribution is 2.30. The average molecular weight is 374 g/mol. The van der Waals surface area contributed by atoms with Crippen molar-refractivity contribution in [1.29, 1.82) is 0 Å². The minimum absolute atomic E-state index is 0.00873. The molecular formula is C22H19FN4O. The SMILES string of the molecule is Cc1ccc(-c2ccnc3c2c(C)nn3CC(=O)Nc2cccc(F)c2)cc1. The molecule has 0 bridgehead atoms. The smallest absolute Gasteiger partial charge is 0.246 e. The van der Waals surface area contributed by atoms with Gasteiger partial charge < -0.3 is 5.32 Å². The average Bonchev–Trinajstić information content (AvgIpc) is 2.98. The molecule has 0 saturated carbocycles. The first-order valence-electron chi connectivity index (χ1n) is 8.96. The van der Waals surface area contributed by atoms with Crippen LogP contribution in [0.3, 0.4) is 0 Å². The van der Waals surface area contributed by atoms with Gasteiger partial charge in [-0.05, 0) is 49.2 Å². The number of aromatic nitrogens is 3. The summed E-state index contributed by atoms with van der Waals surface area (Å²) in [5.74, 6) is -0.694. The van der Waals surface area contributed by atoms with Gasteiger partial charge in [-0.1, -0.05) is 35.9 Å². The fourth-order valence-electron chi connectivity index (χ4n) is 3.27. The van der Waals surface area contributed by atoms with E-state index in [1.54, 1.807) is 23.0 Å². The van der Waals surface area contributed by atoms with Crippen LogP contribution in [0.25, 0.3) is 22.2 Å². The summed E-state index contributed by atoms with van der Waals surface area (Å²) >= 11 is 0. The van der Waals surface area contributed by atoms with Crippen LogP contribution in [0.2, 0.25) is 0 Å². The van der Waals surface area contributed by atoms with Crippen molar-refractivity contribution in [3.63, 3.8) is 0 Å². The number of anilines is 1. The summed E-state index contributed by atoms with van der Waals surface area (Å²) < 4.78 is 14.9. The molecule has 0 spiro atoms. The van der Waals surface area contributed by atoms with Crippen LogP contribution in [-0.2, 0) is 11.3 Å². The maximum absolute atomic E-state index is 13.3. The van der Waals surface area contributed by atoms with Gasteiger partial charge in [-0.2, -0.15) is 5.10 Å². The number of rotatable bonds is 4. The highest BCUT2D eigenvalue weighted by atomic mass is 19.1. The monoisotopic (exact) mass is 374 g/mol. The van der Waals surface area contributed by atoms with E-state index in [0.717, 1.165) is 22.2 Å². The van der Waals surface area contributed by atoms with Crippen molar-refractivity contribution >= 4 is 22.6 Å². The van der Waals surface area contributed by atoms with Crippen LogP contribution in [0.1, 0.15) is 11.3 Å². The summed E-state index contributed by atoms with van der Waals surface area (Å²) in [6.45, 7) is 3.94. The lowest BCUT2D eigenvalue weighted by atomic mass is 10.0. The van der Waals surface area contributed by atoms with Gasteiger partial charge in [-0.3, -0.25) is 4.79 Å². The molecule has 1 N–H and O–H groups in total. The number of benzene rings is 2. The molecule has 4 aromatic rings. The molecule has 0 saturated heterocycles.